The zero-order valence-corrected chi connectivity index (χ0v) is 13.2. The Labute approximate surface area is 120 Å². The molecule has 2 atom stereocenters. The summed E-state index contributed by atoms with van der Waals surface area (Å²) in [6.07, 6.45) is 0.0589. The van der Waals surface area contributed by atoms with Gasteiger partial charge in [0.25, 0.3) is 0 Å². The van der Waals surface area contributed by atoms with Gasteiger partial charge in [0.1, 0.15) is 0 Å². The summed E-state index contributed by atoms with van der Waals surface area (Å²) in [6.45, 7) is 12.1. The maximum Gasteiger partial charge on any atom is 0.0982 e. The number of ether oxygens (including phenoxy) is 1. The van der Waals surface area contributed by atoms with E-state index in [4.69, 9.17) is 15.5 Å². The lowest BCUT2D eigenvalue weighted by Crippen LogP contribution is -2.48. The van der Waals surface area contributed by atoms with E-state index in [1.807, 2.05) is 0 Å². The van der Waals surface area contributed by atoms with E-state index in [0.29, 0.717) is 6.54 Å². The zero-order chi connectivity index (χ0) is 14.0. The van der Waals surface area contributed by atoms with E-state index < -0.39 is 0 Å². The van der Waals surface area contributed by atoms with Gasteiger partial charge < -0.3 is 10.5 Å². The highest BCUT2D eigenvalue weighted by molar-refractivity contribution is 7.09. The fourth-order valence-corrected chi connectivity index (χ4v) is 3.42. The van der Waals surface area contributed by atoms with Crippen LogP contribution in [0.2, 0.25) is 0 Å². The summed E-state index contributed by atoms with van der Waals surface area (Å²) < 4.78 is 5.82. The third-order valence-electron chi connectivity index (χ3n) is 3.56. The van der Waals surface area contributed by atoms with Gasteiger partial charge in [-0.3, -0.25) is 4.90 Å². The van der Waals surface area contributed by atoms with Gasteiger partial charge >= 0.3 is 0 Å². The van der Waals surface area contributed by atoms with Crippen molar-refractivity contribution in [3.05, 3.63) is 16.1 Å². The molecule has 2 unspecified atom stereocenters. The topological polar surface area (TPSA) is 51.4 Å². The monoisotopic (exact) mass is 283 g/mol. The molecule has 0 saturated carbocycles. The molecule has 4 nitrogen and oxygen atoms in total. The summed E-state index contributed by atoms with van der Waals surface area (Å²) >= 11 is 1.74. The van der Waals surface area contributed by atoms with Crippen LogP contribution in [0.15, 0.2) is 5.38 Å². The molecule has 19 heavy (non-hydrogen) atoms. The van der Waals surface area contributed by atoms with Crippen molar-refractivity contribution in [1.82, 2.24) is 9.88 Å². The lowest BCUT2D eigenvalue weighted by Gasteiger charge is -2.39. The normalized spacial score (nSPS) is 25.7. The number of likely N-dealkylation sites (N-methyl/N-ethyl adjacent to an activating group) is 1. The van der Waals surface area contributed by atoms with Crippen LogP contribution in [0.5, 0.6) is 0 Å². The number of nitrogens with zero attached hydrogens (tertiary/aromatic N) is 2. The maximum atomic E-state index is 5.86. The minimum absolute atomic E-state index is 0.0589. The molecule has 0 aromatic carbocycles. The van der Waals surface area contributed by atoms with E-state index in [9.17, 15) is 0 Å². The predicted molar refractivity (Wildman–Crippen MR) is 79.6 cm³/mol. The number of rotatable bonds is 3. The summed E-state index contributed by atoms with van der Waals surface area (Å²) in [6, 6.07) is 0.205. The molecule has 1 aliphatic heterocycles. The van der Waals surface area contributed by atoms with Crippen molar-refractivity contribution in [3.8, 4) is 0 Å². The predicted octanol–water partition coefficient (Wildman–Crippen LogP) is 2.16. The second-order valence-corrected chi connectivity index (χ2v) is 6.90. The molecule has 1 aromatic rings. The van der Waals surface area contributed by atoms with Crippen molar-refractivity contribution in [2.24, 2.45) is 5.73 Å². The van der Waals surface area contributed by atoms with E-state index >= 15 is 0 Å². The molecule has 108 valence electrons. The van der Waals surface area contributed by atoms with Crippen LogP contribution in [0.4, 0.5) is 0 Å². The van der Waals surface area contributed by atoms with Gasteiger partial charge in [-0.2, -0.15) is 0 Å². The van der Waals surface area contributed by atoms with Crippen LogP contribution >= 0.6 is 11.3 Å². The Morgan fingerprint density at radius 3 is 2.79 bits per heavy atom. The summed E-state index contributed by atoms with van der Waals surface area (Å²) in [7, 11) is 0. The van der Waals surface area contributed by atoms with E-state index in [2.05, 4.69) is 38.0 Å². The lowest BCUT2D eigenvalue weighted by atomic mass is 9.98. The minimum Gasteiger partial charge on any atom is -0.374 e. The van der Waals surface area contributed by atoms with Gasteiger partial charge in [-0.05, 0) is 6.54 Å². The van der Waals surface area contributed by atoms with Crippen molar-refractivity contribution < 1.29 is 4.74 Å². The van der Waals surface area contributed by atoms with Crippen LogP contribution in [-0.4, -0.2) is 42.2 Å². The van der Waals surface area contributed by atoms with Crippen molar-refractivity contribution in [2.75, 3.05) is 26.2 Å². The van der Waals surface area contributed by atoms with Crippen LogP contribution in [0.3, 0.4) is 0 Å². The van der Waals surface area contributed by atoms with Crippen molar-refractivity contribution in [1.29, 1.82) is 0 Å². The average molecular weight is 283 g/mol. The van der Waals surface area contributed by atoms with Crippen molar-refractivity contribution in [2.45, 2.75) is 45.3 Å². The van der Waals surface area contributed by atoms with Gasteiger partial charge in [0, 0.05) is 23.9 Å². The van der Waals surface area contributed by atoms with Gasteiger partial charge in [0.05, 0.1) is 29.5 Å². The second kappa shape index (κ2) is 5.87. The summed E-state index contributed by atoms with van der Waals surface area (Å²) in [5.41, 5.74) is 7.09. The summed E-state index contributed by atoms with van der Waals surface area (Å²) in [5, 5.41) is 3.35. The fourth-order valence-electron chi connectivity index (χ4n) is 2.48. The first-order valence-corrected chi connectivity index (χ1v) is 7.87. The molecular weight excluding hydrogens is 258 g/mol. The van der Waals surface area contributed by atoms with Gasteiger partial charge in [-0.15, -0.1) is 11.3 Å². The van der Waals surface area contributed by atoms with E-state index in [1.54, 1.807) is 11.3 Å². The third-order valence-corrected chi connectivity index (χ3v) is 4.85. The molecule has 2 heterocycles. The fraction of sp³-hybridized carbons (Fsp3) is 0.786. The third kappa shape index (κ3) is 3.16. The van der Waals surface area contributed by atoms with E-state index in [0.717, 1.165) is 25.4 Å². The Kier molecular flexibility index (Phi) is 4.61. The smallest absolute Gasteiger partial charge is 0.0982 e. The SMILES string of the molecule is CCN1CCOC(CN)C1c1csc(C(C)(C)C)n1. The number of hydrogen-bond donors (Lipinski definition) is 1. The van der Waals surface area contributed by atoms with Crippen LogP contribution in [-0.2, 0) is 10.2 Å². The Morgan fingerprint density at radius 2 is 2.26 bits per heavy atom. The largest absolute Gasteiger partial charge is 0.374 e. The highest BCUT2D eigenvalue weighted by Gasteiger charge is 2.34. The minimum atomic E-state index is 0.0589. The maximum absolute atomic E-state index is 5.86. The molecule has 0 bridgehead atoms. The van der Waals surface area contributed by atoms with Crippen LogP contribution in [0, 0.1) is 0 Å². The number of morpholine rings is 1. The summed E-state index contributed by atoms with van der Waals surface area (Å²) in [5.74, 6) is 0. The molecule has 0 amide bonds. The highest BCUT2D eigenvalue weighted by atomic mass is 32.1. The molecule has 5 heteroatoms. The standard InChI is InChI=1S/C14H25N3OS/c1-5-17-6-7-18-11(8-15)12(17)10-9-19-13(16-10)14(2,3)4/h9,11-12H,5-8,15H2,1-4H3. The first kappa shape index (κ1) is 14.9. The van der Waals surface area contributed by atoms with Gasteiger partial charge in [-0.1, -0.05) is 27.7 Å². The van der Waals surface area contributed by atoms with Crippen molar-refractivity contribution in [3.63, 3.8) is 0 Å². The highest BCUT2D eigenvalue weighted by Crippen LogP contribution is 2.33. The first-order chi connectivity index (χ1) is 8.97. The summed E-state index contributed by atoms with van der Waals surface area (Å²) in [4.78, 5) is 7.26. The number of hydrogen-bond acceptors (Lipinski definition) is 5. The molecule has 1 aromatic heterocycles. The molecule has 0 aliphatic carbocycles. The molecular formula is C14H25N3OS. The van der Waals surface area contributed by atoms with E-state index in [-0.39, 0.29) is 17.6 Å². The van der Waals surface area contributed by atoms with Gasteiger partial charge in [-0.25, -0.2) is 4.98 Å². The number of thiazole rings is 1. The Morgan fingerprint density at radius 1 is 1.53 bits per heavy atom. The van der Waals surface area contributed by atoms with Crippen LogP contribution < -0.4 is 5.73 Å². The molecule has 1 aliphatic rings. The zero-order valence-electron chi connectivity index (χ0n) is 12.3. The Bertz CT molecular complexity index is 401. The number of nitrogens with two attached hydrogens (primary N) is 1. The average Bonchev–Trinajstić information content (AvgIpc) is 2.86. The second-order valence-electron chi connectivity index (χ2n) is 6.05. The van der Waals surface area contributed by atoms with Gasteiger partial charge in [0.2, 0.25) is 0 Å². The Hall–Kier alpha value is -0.490. The number of aromatic nitrogens is 1. The Balaban J connectivity index is 2.28. The molecule has 2 rings (SSSR count). The van der Waals surface area contributed by atoms with Gasteiger partial charge in [0.15, 0.2) is 0 Å². The molecule has 1 saturated heterocycles. The molecule has 0 radical (unpaired) electrons. The first-order valence-electron chi connectivity index (χ1n) is 6.99. The van der Waals surface area contributed by atoms with E-state index in [1.165, 1.54) is 5.01 Å². The van der Waals surface area contributed by atoms with Crippen LogP contribution in [0.25, 0.3) is 0 Å². The van der Waals surface area contributed by atoms with Crippen LogP contribution in [0.1, 0.15) is 44.4 Å². The quantitative estimate of drug-likeness (QED) is 0.923. The molecule has 0 spiro atoms. The molecule has 2 N–H and O–H groups in total. The van der Waals surface area contributed by atoms with Crippen molar-refractivity contribution >= 4 is 11.3 Å². The molecule has 1 fully saturated rings. The lowest BCUT2D eigenvalue weighted by molar-refractivity contribution is -0.0670.